The van der Waals surface area contributed by atoms with Crippen molar-refractivity contribution in [2.45, 2.75) is 32.1 Å². The number of ether oxygens (including phenoxy) is 1. The first-order valence-electron chi connectivity index (χ1n) is 4.13. The molecule has 1 radical (unpaired) electrons. The summed E-state index contributed by atoms with van der Waals surface area (Å²) in [7, 11) is 1.43. The topological polar surface area (TPSA) is 26.3 Å². The zero-order chi connectivity index (χ0) is 8.32. The van der Waals surface area contributed by atoms with E-state index in [-0.39, 0.29) is 5.97 Å². The minimum absolute atomic E-state index is 0.141. The summed E-state index contributed by atoms with van der Waals surface area (Å²) in [6, 6.07) is 0. The molecule has 1 aliphatic rings. The second-order valence-corrected chi connectivity index (χ2v) is 3.33. The van der Waals surface area contributed by atoms with Gasteiger partial charge in [-0.3, -0.25) is 4.79 Å². The smallest absolute Gasteiger partial charge is 0.311 e. The molecule has 63 valence electrons. The molecule has 0 saturated heterocycles. The fraction of sp³-hybridized carbons (Fsp3) is 0.778. The van der Waals surface area contributed by atoms with Gasteiger partial charge in [0.2, 0.25) is 0 Å². The monoisotopic (exact) mass is 155 g/mol. The summed E-state index contributed by atoms with van der Waals surface area (Å²) >= 11 is 0. The van der Waals surface area contributed by atoms with Crippen LogP contribution in [0.1, 0.15) is 32.1 Å². The number of rotatable bonds is 1. The van der Waals surface area contributed by atoms with E-state index in [1.165, 1.54) is 13.5 Å². The molecular weight excluding hydrogens is 140 g/mol. The third kappa shape index (κ3) is 1.73. The summed E-state index contributed by atoms with van der Waals surface area (Å²) in [5.74, 6) is -0.141. The Morgan fingerprint density at radius 1 is 1.36 bits per heavy atom. The van der Waals surface area contributed by atoms with Crippen LogP contribution in [0, 0.1) is 12.3 Å². The van der Waals surface area contributed by atoms with Crippen LogP contribution in [0.15, 0.2) is 0 Å². The minimum Gasteiger partial charge on any atom is -0.469 e. The van der Waals surface area contributed by atoms with Crippen molar-refractivity contribution in [1.29, 1.82) is 0 Å². The standard InChI is InChI=1S/C9H15O2/c1-9(8(10)11-2)6-4-3-5-7-9/h1,3-7H2,2H3. The average Bonchev–Trinajstić information content (AvgIpc) is 2.04. The van der Waals surface area contributed by atoms with Gasteiger partial charge in [-0.1, -0.05) is 19.3 Å². The summed E-state index contributed by atoms with van der Waals surface area (Å²) in [6.45, 7) is 3.93. The highest BCUT2D eigenvalue weighted by molar-refractivity contribution is 5.77. The molecule has 0 aliphatic heterocycles. The summed E-state index contributed by atoms with van der Waals surface area (Å²) in [5, 5.41) is 0. The summed E-state index contributed by atoms with van der Waals surface area (Å²) in [6.07, 6.45) is 5.23. The van der Waals surface area contributed by atoms with Crippen LogP contribution in [-0.2, 0) is 9.53 Å². The van der Waals surface area contributed by atoms with Gasteiger partial charge in [0.1, 0.15) is 0 Å². The Bertz CT molecular complexity index is 146. The molecule has 1 fully saturated rings. The van der Waals surface area contributed by atoms with Gasteiger partial charge in [0, 0.05) is 0 Å². The highest BCUT2D eigenvalue weighted by Gasteiger charge is 2.35. The minimum atomic E-state index is -0.424. The fourth-order valence-electron chi connectivity index (χ4n) is 1.65. The lowest BCUT2D eigenvalue weighted by Gasteiger charge is -2.29. The van der Waals surface area contributed by atoms with Gasteiger partial charge >= 0.3 is 5.97 Å². The molecule has 0 bridgehead atoms. The lowest BCUT2D eigenvalue weighted by molar-refractivity contribution is -0.151. The van der Waals surface area contributed by atoms with Crippen LogP contribution in [0.4, 0.5) is 0 Å². The molecule has 11 heavy (non-hydrogen) atoms. The molecule has 2 heteroatoms. The molecule has 0 unspecified atom stereocenters. The second-order valence-electron chi connectivity index (χ2n) is 3.33. The van der Waals surface area contributed by atoms with Gasteiger partial charge < -0.3 is 4.74 Å². The Balaban J connectivity index is 2.56. The number of hydrogen-bond donors (Lipinski definition) is 0. The lowest BCUT2D eigenvalue weighted by atomic mass is 9.76. The van der Waals surface area contributed by atoms with Gasteiger partial charge in [-0.25, -0.2) is 0 Å². The number of carbonyl (C=O) groups excluding carboxylic acids is 1. The summed E-state index contributed by atoms with van der Waals surface area (Å²) in [4.78, 5) is 11.2. The van der Waals surface area contributed by atoms with E-state index in [1.807, 2.05) is 0 Å². The largest absolute Gasteiger partial charge is 0.469 e. The van der Waals surface area contributed by atoms with E-state index >= 15 is 0 Å². The molecule has 1 aliphatic carbocycles. The molecule has 2 nitrogen and oxygen atoms in total. The first-order valence-corrected chi connectivity index (χ1v) is 4.13. The van der Waals surface area contributed by atoms with Gasteiger partial charge in [-0.2, -0.15) is 0 Å². The van der Waals surface area contributed by atoms with Crippen LogP contribution in [0.5, 0.6) is 0 Å². The van der Waals surface area contributed by atoms with E-state index in [1.54, 1.807) is 0 Å². The van der Waals surface area contributed by atoms with E-state index < -0.39 is 5.41 Å². The zero-order valence-corrected chi connectivity index (χ0v) is 7.06. The first kappa shape index (κ1) is 8.57. The first-order chi connectivity index (χ1) is 5.19. The van der Waals surface area contributed by atoms with Gasteiger partial charge in [0.05, 0.1) is 12.5 Å². The van der Waals surface area contributed by atoms with Crippen molar-refractivity contribution in [3.63, 3.8) is 0 Å². The van der Waals surface area contributed by atoms with E-state index in [2.05, 4.69) is 6.92 Å². The van der Waals surface area contributed by atoms with Crippen molar-refractivity contribution in [1.82, 2.24) is 0 Å². The van der Waals surface area contributed by atoms with Crippen LogP contribution in [0.3, 0.4) is 0 Å². The molecule has 0 heterocycles. The Kier molecular flexibility index (Phi) is 2.53. The average molecular weight is 155 g/mol. The van der Waals surface area contributed by atoms with Gasteiger partial charge in [0.25, 0.3) is 0 Å². The maximum absolute atomic E-state index is 11.2. The molecule has 0 aromatic heterocycles. The van der Waals surface area contributed by atoms with Crippen molar-refractivity contribution in [2.75, 3.05) is 7.11 Å². The molecule has 0 amide bonds. The Labute approximate surface area is 67.9 Å². The zero-order valence-electron chi connectivity index (χ0n) is 7.06. The molecule has 0 N–H and O–H groups in total. The predicted octanol–water partition coefficient (Wildman–Crippen LogP) is 1.94. The molecule has 1 rings (SSSR count). The normalized spacial score (nSPS) is 22.7. The number of methoxy groups -OCH3 is 1. The van der Waals surface area contributed by atoms with E-state index in [0.717, 1.165) is 25.7 Å². The number of hydrogen-bond acceptors (Lipinski definition) is 2. The highest BCUT2D eigenvalue weighted by atomic mass is 16.5. The third-order valence-electron chi connectivity index (χ3n) is 2.43. The number of carbonyl (C=O) groups is 1. The van der Waals surface area contributed by atoms with Crippen molar-refractivity contribution >= 4 is 5.97 Å². The number of esters is 1. The molecule has 0 atom stereocenters. The van der Waals surface area contributed by atoms with Gasteiger partial charge in [-0.15, -0.1) is 0 Å². The van der Waals surface area contributed by atoms with E-state index in [0.29, 0.717) is 0 Å². The molecule has 0 aromatic rings. The maximum atomic E-state index is 11.2. The van der Waals surface area contributed by atoms with Crippen molar-refractivity contribution < 1.29 is 9.53 Å². The van der Waals surface area contributed by atoms with E-state index in [4.69, 9.17) is 4.74 Å². The van der Waals surface area contributed by atoms with Crippen LogP contribution in [0.25, 0.3) is 0 Å². The van der Waals surface area contributed by atoms with Crippen LogP contribution < -0.4 is 0 Å². The van der Waals surface area contributed by atoms with Crippen molar-refractivity contribution in [2.24, 2.45) is 5.41 Å². The highest BCUT2D eigenvalue weighted by Crippen LogP contribution is 2.36. The third-order valence-corrected chi connectivity index (χ3v) is 2.43. The predicted molar refractivity (Wildman–Crippen MR) is 42.9 cm³/mol. The SMILES string of the molecule is [CH2]C1(C(=O)OC)CCCCC1. The molecule has 1 saturated carbocycles. The van der Waals surface area contributed by atoms with Crippen LogP contribution >= 0.6 is 0 Å². The van der Waals surface area contributed by atoms with Gasteiger partial charge in [0.15, 0.2) is 0 Å². The molecule has 0 spiro atoms. The van der Waals surface area contributed by atoms with Crippen LogP contribution in [0.2, 0.25) is 0 Å². The second kappa shape index (κ2) is 3.24. The molecular formula is C9H15O2. The van der Waals surface area contributed by atoms with Crippen molar-refractivity contribution in [3.05, 3.63) is 6.92 Å². The lowest BCUT2D eigenvalue weighted by Crippen LogP contribution is -2.31. The van der Waals surface area contributed by atoms with Crippen LogP contribution in [-0.4, -0.2) is 13.1 Å². The maximum Gasteiger partial charge on any atom is 0.311 e. The quantitative estimate of drug-likeness (QED) is 0.541. The summed E-state index contributed by atoms with van der Waals surface area (Å²) < 4.78 is 4.69. The Morgan fingerprint density at radius 3 is 2.36 bits per heavy atom. The Hall–Kier alpha value is -0.530. The van der Waals surface area contributed by atoms with E-state index in [9.17, 15) is 4.79 Å². The molecule has 0 aromatic carbocycles. The van der Waals surface area contributed by atoms with Crippen molar-refractivity contribution in [3.8, 4) is 0 Å². The fourth-order valence-corrected chi connectivity index (χ4v) is 1.65. The Morgan fingerprint density at radius 2 is 1.91 bits per heavy atom. The summed E-state index contributed by atoms with van der Waals surface area (Å²) in [5.41, 5.74) is -0.424. The van der Waals surface area contributed by atoms with Gasteiger partial charge in [-0.05, 0) is 19.8 Å².